The van der Waals surface area contributed by atoms with Gasteiger partial charge < -0.3 is 10.1 Å². The molecule has 0 saturated heterocycles. The van der Waals surface area contributed by atoms with Crippen molar-refractivity contribution in [3.8, 4) is 11.4 Å². The number of carbonyl (C=O) groups excluding carboxylic acids is 1. The van der Waals surface area contributed by atoms with Crippen molar-refractivity contribution < 1.29 is 9.53 Å². The highest BCUT2D eigenvalue weighted by Crippen LogP contribution is 2.30. The predicted octanol–water partition coefficient (Wildman–Crippen LogP) is 4.39. The molecule has 0 unspecified atom stereocenters. The van der Waals surface area contributed by atoms with E-state index in [1.54, 1.807) is 24.3 Å². The Morgan fingerprint density at radius 3 is 2.44 bits per heavy atom. The lowest BCUT2D eigenvalue weighted by Gasteiger charge is -2.10. The van der Waals surface area contributed by atoms with Gasteiger partial charge in [-0.05, 0) is 36.5 Å². The summed E-state index contributed by atoms with van der Waals surface area (Å²) >= 11 is 11.0. The van der Waals surface area contributed by atoms with Crippen molar-refractivity contribution in [2.24, 2.45) is 0 Å². The van der Waals surface area contributed by atoms with E-state index in [1.807, 2.05) is 30.3 Å². The third-order valence-electron chi connectivity index (χ3n) is 3.63. The van der Waals surface area contributed by atoms with E-state index in [-0.39, 0.29) is 10.6 Å². The first-order valence-electron chi connectivity index (χ1n) is 7.38. The van der Waals surface area contributed by atoms with Gasteiger partial charge in [0.25, 0.3) is 0 Å². The second-order valence-electron chi connectivity index (χ2n) is 5.29. The summed E-state index contributed by atoms with van der Waals surface area (Å²) in [6, 6.07) is 16.5. The van der Waals surface area contributed by atoms with Crippen LogP contribution < -0.4 is 5.32 Å². The fourth-order valence-corrected chi connectivity index (χ4v) is 2.81. The first kappa shape index (κ1) is 15.7. The van der Waals surface area contributed by atoms with Gasteiger partial charge in [-0.2, -0.15) is 0 Å². The average Bonchev–Trinajstić information content (AvgIpc) is 2.92. The molecular formula is C18H10ClN3O2S. The third kappa shape index (κ3) is 2.97. The number of hydrogen-bond donors (Lipinski definition) is 1. The van der Waals surface area contributed by atoms with Crippen molar-refractivity contribution in [2.45, 2.75) is 0 Å². The van der Waals surface area contributed by atoms with Gasteiger partial charge in [0.2, 0.25) is 5.05 Å². The summed E-state index contributed by atoms with van der Waals surface area (Å²) in [6.45, 7) is 0. The number of rotatable bonds is 3. The molecular weight excluding hydrogens is 358 g/mol. The predicted molar refractivity (Wildman–Crippen MR) is 99.3 cm³/mol. The molecule has 0 radical (unpaired) electrons. The Morgan fingerprint density at radius 2 is 1.72 bits per heavy atom. The molecule has 0 fully saturated rings. The second kappa shape index (κ2) is 6.23. The number of carbonyl (C=O) groups is 1. The van der Waals surface area contributed by atoms with Crippen LogP contribution >= 0.6 is 23.8 Å². The number of esters is 1. The van der Waals surface area contributed by atoms with Crippen molar-refractivity contribution in [2.75, 3.05) is 5.32 Å². The first-order chi connectivity index (χ1) is 12.1. The largest absolute Gasteiger partial charge is 0.408 e. The zero-order valence-corrected chi connectivity index (χ0v) is 14.3. The van der Waals surface area contributed by atoms with E-state index < -0.39 is 5.97 Å². The van der Waals surface area contributed by atoms with Gasteiger partial charge in [-0.15, -0.1) is 0 Å². The maximum Gasteiger partial charge on any atom is 0.350 e. The van der Waals surface area contributed by atoms with Crippen molar-refractivity contribution in [3.05, 3.63) is 70.9 Å². The fraction of sp³-hybridized carbons (Fsp3) is 0. The van der Waals surface area contributed by atoms with E-state index >= 15 is 0 Å². The molecule has 0 bridgehead atoms. The summed E-state index contributed by atoms with van der Waals surface area (Å²) in [5.74, 6) is 0.239. The molecule has 2 aromatic carbocycles. The topological polar surface area (TPSA) is 64.1 Å². The number of cyclic esters (lactones) is 1. The molecule has 0 saturated carbocycles. The molecule has 1 aliphatic heterocycles. The number of nitrogens with zero attached hydrogens (tertiary/aromatic N) is 2. The molecule has 1 aliphatic rings. The minimum atomic E-state index is -0.559. The van der Waals surface area contributed by atoms with Gasteiger partial charge in [0.15, 0.2) is 5.82 Å². The summed E-state index contributed by atoms with van der Waals surface area (Å²) in [4.78, 5) is 21.1. The van der Waals surface area contributed by atoms with Crippen LogP contribution in [-0.4, -0.2) is 21.0 Å². The van der Waals surface area contributed by atoms with Crippen molar-refractivity contribution >= 4 is 46.3 Å². The summed E-state index contributed by atoms with van der Waals surface area (Å²) < 4.78 is 5.05. The van der Waals surface area contributed by atoms with E-state index in [2.05, 4.69) is 15.3 Å². The lowest BCUT2D eigenvalue weighted by Crippen LogP contribution is -2.07. The van der Waals surface area contributed by atoms with Crippen LogP contribution in [0.15, 0.2) is 54.6 Å². The Bertz CT molecular complexity index is 991. The normalized spacial score (nSPS) is 12.7. The van der Waals surface area contributed by atoms with Gasteiger partial charge in [-0.25, -0.2) is 14.8 Å². The lowest BCUT2D eigenvalue weighted by molar-refractivity contribution is 0.0742. The Kier molecular flexibility index (Phi) is 3.91. The van der Waals surface area contributed by atoms with Gasteiger partial charge in [-0.1, -0.05) is 41.9 Å². The SMILES string of the molecule is O=C1OC(=S)c2nc(-c3ccccc3)nc(Nc3ccc(Cl)cc3)c21. The molecule has 7 heteroatoms. The number of halogens is 1. The van der Waals surface area contributed by atoms with Crippen LogP contribution in [0.3, 0.4) is 0 Å². The first-order valence-corrected chi connectivity index (χ1v) is 8.17. The molecule has 122 valence electrons. The Morgan fingerprint density at radius 1 is 1.00 bits per heavy atom. The summed E-state index contributed by atoms with van der Waals surface area (Å²) in [6.07, 6.45) is 0. The Balaban J connectivity index is 1.85. The van der Waals surface area contributed by atoms with Gasteiger partial charge in [-0.3, -0.25) is 0 Å². The lowest BCUT2D eigenvalue weighted by atomic mass is 10.1. The maximum absolute atomic E-state index is 12.1. The minimum absolute atomic E-state index is 0.0544. The molecule has 0 spiro atoms. The number of nitrogens with one attached hydrogen (secondary N) is 1. The van der Waals surface area contributed by atoms with E-state index in [1.165, 1.54) is 0 Å². The molecule has 0 amide bonds. The van der Waals surface area contributed by atoms with Gasteiger partial charge in [0, 0.05) is 16.3 Å². The van der Waals surface area contributed by atoms with Crippen LogP contribution in [0.2, 0.25) is 5.02 Å². The molecule has 3 aromatic rings. The molecule has 1 N–H and O–H groups in total. The molecule has 0 aliphatic carbocycles. The van der Waals surface area contributed by atoms with E-state index in [4.69, 9.17) is 28.6 Å². The Labute approximate surface area is 153 Å². The van der Waals surface area contributed by atoms with Crippen molar-refractivity contribution in [1.29, 1.82) is 0 Å². The van der Waals surface area contributed by atoms with Crippen LogP contribution in [0.25, 0.3) is 11.4 Å². The quantitative estimate of drug-likeness (QED) is 0.547. The van der Waals surface area contributed by atoms with E-state index in [0.29, 0.717) is 22.4 Å². The van der Waals surface area contributed by atoms with Crippen LogP contribution in [0.4, 0.5) is 11.5 Å². The van der Waals surface area contributed by atoms with Crippen LogP contribution in [0.1, 0.15) is 16.1 Å². The van der Waals surface area contributed by atoms with Crippen LogP contribution in [-0.2, 0) is 4.74 Å². The monoisotopic (exact) mass is 367 g/mol. The standard InChI is InChI=1S/C18H10ClN3O2S/c19-11-6-8-12(9-7-11)20-16-13-14(18(25)24-17(13)23)21-15(22-16)10-4-2-1-3-5-10/h1-9H,(H,20,21,22). The summed E-state index contributed by atoms with van der Waals surface area (Å²) in [5, 5.41) is 3.79. The number of hydrogen-bond acceptors (Lipinski definition) is 6. The number of anilines is 2. The fourth-order valence-electron chi connectivity index (χ4n) is 2.46. The zero-order chi connectivity index (χ0) is 17.4. The minimum Gasteiger partial charge on any atom is -0.408 e. The number of fused-ring (bicyclic) bond motifs is 1. The smallest absolute Gasteiger partial charge is 0.350 e. The summed E-state index contributed by atoms with van der Waals surface area (Å²) in [5.41, 5.74) is 2.10. The van der Waals surface area contributed by atoms with E-state index in [0.717, 1.165) is 11.3 Å². The van der Waals surface area contributed by atoms with Gasteiger partial charge in [0.05, 0.1) is 0 Å². The highest BCUT2D eigenvalue weighted by molar-refractivity contribution is 7.80. The average molecular weight is 368 g/mol. The molecule has 5 nitrogen and oxygen atoms in total. The summed E-state index contributed by atoms with van der Waals surface area (Å²) in [7, 11) is 0. The number of aromatic nitrogens is 2. The molecule has 1 aromatic heterocycles. The number of benzene rings is 2. The van der Waals surface area contributed by atoms with E-state index in [9.17, 15) is 4.79 Å². The highest BCUT2D eigenvalue weighted by Gasteiger charge is 2.33. The molecule has 2 heterocycles. The Hall–Kier alpha value is -2.83. The molecule has 4 rings (SSSR count). The second-order valence-corrected chi connectivity index (χ2v) is 6.10. The highest BCUT2D eigenvalue weighted by atomic mass is 35.5. The number of ether oxygens (including phenoxy) is 1. The van der Waals surface area contributed by atoms with Crippen LogP contribution in [0.5, 0.6) is 0 Å². The third-order valence-corrected chi connectivity index (χ3v) is 4.16. The van der Waals surface area contributed by atoms with Crippen molar-refractivity contribution in [1.82, 2.24) is 9.97 Å². The number of thiocarbonyl (C=S) groups is 1. The van der Waals surface area contributed by atoms with Crippen LogP contribution in [0, 0.1) is 0 Å². The molecule has 25 heavy (non-hydrogen) atoms. The molecule has 0 atom stereocenters. The van der Waals surface area contributed by atoms with Gasteiger partial charge in [0.1, 0.15) is 17.1 Å². The zero-order valence-electron chi connectivity index (χ0n) is 12.7. The van der Waals surface area contributed by atoms with Crippen molar-refractivity contribution in [3.63, 3.8) is 0 Å². The van der Waals surface area contributed by atoms with Gasteiger partial charge >= 0.3 is 5.97 Å². The maximum atomic E-state index is 12.1.